The second-order valence-corrected chi connectivity index (χ2v) is 12.0. The largest absolute Gasteiger partial charge is 0.444 e. The molecular weight excluding hydrogens is 520 g/mol. The third-order valence-corrected chi connectivity index (χ3v) is 7.86. The summed E-state index contributed by atoms with van der Waals surface area (Å²) in [5.41, 5.74) is 2.16. The number of carbonyl (C=O) groups excluding carboxylic acids is 4. The van der Waals surface area contributed by atoms with Crippen LogP contribution in [0.5, 0.6) is 0 Å². The van der Waals surface area contributed by atoms with Gasteiger partial charge < -0.3 is 24.4 Å². The molecule has 2 saturated heterocycles. The van der Waals surface area contributed by atoms with Gasteiger partial charge in [0.1, 0.15) is 5.60 Å². The molecule has 2 aromatic carbocycles. The second kappa shape index (κ2) is 11.8. The van der Waals surface area contributed by atoms with Crippen LogP contribution in [0.1, 0.15) is 59.9 Å². The molecule has 41 heavy (non-hydrogen) atoms. The van der Waals surface area contributed by atoms with Crippen LogP contribution in [0.2, 0.25) is 0 Å². The molecule has 0 spiro atoms. The maximum Gasteiger partial charge on any atom is 0.410 e. The highest BCUT2D eigenvalue weighted by molar-refractivity contribution is 6.45. The normalized spacial score (nSPS) is 16.6. The van der Waals surface area contributed by atoms with E-state index < -0.39 is 23.4 Å². The number of aromatic nitrogens is 1. The van der Waals surface area contributed by atoms with E-state index >= 15 is 0 Å². The smallest absolute Gasteiger partial charge is 0.410 e. The van der Waals surface area contributed by atoms with Gasteiger partial charge in [-0.2, -0.15) is 0 Å². The number of amides is 3. The Balaban J connectivity index is 1.21. The molecule has 3 heterocycles. The van der Waals surface area contributed by atoms with Crippen molar-refractivity contribution in [2.24, 2.45) is 5.92 Å². The molecule has 9 heteroatoms. The monoisotopic (exact) mass is 558 g/mol. The average molecular weight is 559 g/mol. The van der Waals surface area contributed by atoms with Gasteiger partial charge in [-0.1, -0.05) is 30.3 Å². The Hall–Kier alpha value is -4.14. The van der Waals surface area contributed by atoms with Crippen LogP contribution in [0.4, 0.5) is 4.79 Å². The minimum atomic E-state index is -0.631. The minimum absolute atomic E-state index is 0.0609. The summed E-state index contributed by atoms with van der Waals surface area (Å²) in [5, 5.41) is 0.556. The van der Waals surface area contributed by atoms with E-state index in [4.69, 9.17) is 4.74 Å². The lowest BCUT2D eigenvalue weighted by molar-refractivity contribution is -0.128. The highest BCUT2D eigenvalue weighted by Gasteiger charge is 2.32. The molecule has 0 aliphatic carbocycles. The van der Waals surface area contributed by atoms with E-state index in [2.05, 4.69) is 29.2 Å². The van der Waals surface area contributed by atoms with Crippen molar-refractivity contribution in [3.8, 4) is 0 Å². The lowest BCUT2D eigenvalue weighted by atomic mass is 9.90. The number of ether oxygens (including phenoxy) is 1. The van der Waals surface area contributed by atoms with Crippen LogP contribution in [0.3, 0.4) is 0 Å². The van der Waals surface area contributed by atoms with Gasteiger partial charge in [0.2, 0.25) is 0 Å². The highest BCUT2D eigenvalue weighted by atomic mass is 16.6. The zero-order valence-corrected chi connectivity index (χ0v) is 24.0. The molecule has 0 bridgehead atoms. The van der Waals surface area contributed by atoms with Crippen LogP contribution in [0.25, 0.3) is 10.9 Å². The van der Waals surface area contributed by atoms with Crippen molar-refractivity contribution in [2.45, 2.75) is 45.6 Å². The first-order valence-electron chi connectivity index (χ1n) is 14.3. The fourth-order valence-electron chi connectivity index (χ4n) is 5.59. The first-order chi connectivity index (χ1) is 19.6. The number of fused-ring (bicyclic) bond motifs is 1. The zero-order valence-electron chi connectivity index (χ0n) is 24.0. The van der Waals surface area contributed by atoms with E-state index in [0.29, 0.717) is 48.6 Å². The molecule has 9 nitrogen and oxygen atoms in total. The van der Waals surface area contributed by atoms with Crippen LogP contribution in [0.15, 0.2) is 54.7 Å². The average Bonchev–Trinajstić information content (AvgIpc) is 3.39. The number of piperidine rings is 1. The number of nitrogens with zero attached hydrogens (tertiary/aromatic N) is 3. The van der Waals surface area contributed by atoms with Crippen LogP contribution in [-0.2, 0) is 16.0 Å². The molecule has 3 amide bonds. The quantitative estimate of drug-likeness (QED) is 0.366. The first kappa shape index (κ1) is 28.4. The molecule has 2 aliphatic heterocycles. The molecule has 5 rings (SSSR count). The van der Waals surface area contributed by atoms with Gasteiger partial charge in [0.15, 0.2) is 0 Å². The molecule has 1 N–H and O–H groups in total. The Morgan fingerprint density at radius 2 is 1.51 bits per heavy atom. The Labute approximate surface area is 240 Å². The number of rotatable bonds is 5. The fourth-order valence-corrected chi connectivity index (χ4v) is 5.59. The molecular formula is C32H38N4O5. The number of aromatic amines is 1. The summed E-state index contributed by atoms with van der Waals surface area (Å²) in [6.07, 6.45) is 4.03. The Kier molecular flexibility index (Phi) is 8.15. The number of piperazine rings is 1. The number of H-pyrrole nitrogens is 1. The third-order valence-electron chi connectivity index (χ3n) is 7.86. The molecule has 0 radical (unpaired) electrons. The molecule has 3 aromatic rings. The maximum atomic E-state index is 13.4. The van der Waals surface area contributed by atoms with Gasteiger partial charge in [-0.3, -0.25) is 14.4 Å². The van der Waals surface area contributed by atoms with Crippen molar-refractivity contribution in [2.75, 3.05) is 39.3 Å². The van der Waals surface area contributed by atoms with E-state index in [0.717, 1.165) is 19.3 Å². The van der Waals surface area contributed by atoms with Crippen LogP contribution in [0, 0.1) is 5.92 Å². The number of hydrogen-bond acceptors (Lipinski definition) is 5. The summed E-state index contributed by atoms with van der Waals surface area (Å²) in [6.45, 7) is 7.88. The number of Topliss-reactive ketones (excluding diaryl/α,β-unsaturated/α-hetero) is 1. The van der Waals surface area contributed by atoms with Crippen LogP contribution in [-0.4, -0.2) is 88.2 Å². The standard InChI is InChI=1S/C32H38N4O5/c1-32(2,3)41-31(40)36-17-15-35(16-18-36)30(39)28(37)26-21-33-27-10-9-24(20-25(26)27)29(38)34-13-11-23(12-14-34)19-22-7-5-4-6-8-22/h4-10,20-21,23,33H,11-19H2,1-3H3. The summed E-state index contributed by atoms with van der Waals surface area (Å²) < 4.78 is 5.41. The van der Waals surface area contributed by atoms with E-state index in [1.807, 2.05) is 11.0 Å². The molecule has 0 unspecified atom stereocenters. The number of ketones is 1. The van der Waals surface area contributed by atoms with Gasteiger partial charge in [-0.05, 0) is 69.7 Å². The van der Waals surface area contributed by atoms with Gasteiger partial charge in [-0.25, -0.2) is 4.79 Å². The zero-order chi connectivity index (χ0) is 29.1. The predicted octanol–water partition coefficient (Wildman–Crippen LogP) is 4.52. The van der Waals surface area contributed by atoms with Gasteiger partial charge in [0.25, 0.3) is 17.6 Å². The molecule has 0 saturated carbocycles. The maximum absolute atomic E-state index is 13.4. The molecule has 1 aromatic heterocycles. The van der Waals surface area contributed by atoms with Crippen molar-refractivity contribution >= 4 is 34.6 Å². The summed E-state index contributed by atoms with van der Waals surface area (Å²) in [5.74, 6) is -0.760. The first-order valence-corrected chi connectivity index (χ1v) is 14.3. The van der Waals surface area contributed by atoms with Crippen molar-refractivity contribution in [1.82, 2.24) is 19.7 Å². The predicted molar refractivity (Wildman–Crippen MR) is 156 cm³/mol. The van der Waals surface area contributed by atoms with Crippen LogP contribution >= 0.6 is 0 Å². The van der Waals surface area contributed by atoms with E-state index in [1.165, 1.54) is 16.7 Å². The van der Waals surface area contributed by atoms with E-state index in [9.17, 15) is 19.2 Å². The number of nitrogens with one attached hydrogen (secondary N) is 1. The number of benzene rings is 2. The Morgan fingerprint density at radius 3 is 2.17 bits per heavy atom. The van der Waals surface area contributed by atoms with Gasteiger partial charge >= 0.3 is 6.09 Å². The highest BCUT2D eigenvalue weighted by Crippen LogP contribution is 2.26. The second-order valence-electron chi connectivity index (χ2n) is 12.0. The van der Waals surface area contributed by atoms with Gasteiger partial charge in [0, 0.05) is 61.9 Å². The van der Waals surface area contributed by atoms with Crippen molar-refractivity contribution in [1.29, 1.82) is 0 Å². The molecule has 0 atom stereocenters. The topological polar surface area (TPSA) is 103 Å². The summed E-state index contributed by atoms with van der Waals surface area (Å²) in [6, 6.07) is 15.7. The van der Waals surface area contributed by atoms with Crippen molar-refractivity contribution in [3.05, 3.63) is 71.4 Å². The van der Waals surface area contributed by atoms with E-state index in [-0.39, 0.29) is 24.6 Å². The molecule has 2 fully saturated rings. The van der Waals surface area contributed by atoms with Crippen molar-refractivity contribution < 1.29 is 23.9 Å². The van der Waals surface area contributed by atoms with Gasteiger partial charge in [-0.15, -0.1) is 0 Å². The number of likely N-dealkylation sites (tertiary alicyclic amines) is 1. The fraction of sp³-hybridized carbons (Fsp3) is 0.438. The van der Waals surface area contributed by atoms with Crippen LogP contribution < -0.4 is 0 Å². The Morgan fingerprint density at radius 1 is 0.854 bits per heavy atom. The lowest BCUT2D eigenvalue weighted by Gasteiger charge is -2.35. The number of hydrogen-bond donors (Lipinski definition) is 1. The summed E-state index contributed by atoms with van der Waals surface area (Å²) >= 11 is 0. The molecule has 2 aliphatic rings. The number of carbonyl (C=O) groups is 4. The van der Waals surface area contributed by atoms with Gasteiger partial charge in [0.05, 0.1) is 5.56 Å². The summed E-state index contributed by atoms with van der Waals surface area (Å²) in [7, 11) is 0. The minimum Gasteiger partial charge on any atom is -0.444 e. The SMILES string of the molecule is CC(C)(C)OC(=O)N1CCN(C(=O)C(=O)c2c[nH]c3ccc(C(=O)N4CCC(Cc5ccccc5)CC4)cc23)CC1. The lowest BCUT2D eigenvalue weighted by Crippen LogP contribution is -2.53. The van der Waals surface area contributed by atoms with E-state index in [1.54, 1.807) is 43.9 Å². The third kappa shape index (κ3) is 6.61. The summed E-state index contributed by atoms with van der Waals surface area (Å²) in [4.78, 5) is 60.1. The van der Waals surface area contributed by atoms with Crippen molar-refractivity contribution in [3.63, 3.8) is 0 Å². The molecule has 216 valence electrons. The Bertz CT molecular complexity index is 1430.